The Bertz CT molecular complexity index is 1260. The first kappa shape index (κ1) is 20.0. The lowest BCUT2D eigenvalue weighted by molar-refractivity contribution is 0.102. The second-order valence-electron chi connectivity index (χ2n) is 6.75. The molecule has 0 aliphatic heterocycles. The van der Waals surface area contributed by atoms with E-state index in [0.29, 0.717) is 11.1 Å². The number of aliphatic hydroxyl groups is 1. The zero-order chi connectivity index (χ0) is 21.8. The lowest BCUT2D eigenvalue weighted by atomic mass is 10.1. The molecule has 2 N–H and O–H groups in total. The van der Waals surface area contributed by atoms with Crippen LogP contribution in [-0.2, 0) is 6.54 Å². The molecular formula is C23H17FN4O3. The maximum Gasteiger partial charge on any atom is 0.215 e. The highest BCUT2D eigenvalue weighted by atomic mass is 19.1. The summed E-state index contributed by atoms with van der Waals surface area (Å²) in [6.07, 6.45) is 3.71. The van der Waals surface area contributed by atoms with Crippen LogP contribution in [0.5, 0.6) is 0 Å². The Morgan fingerprint density at radius 1 is 1.06 bits per heavy atom. The molecule has 8 heteroatoms. The topological polar surface area (TPSA) is 101 Å². The van der Waals surface area contributed by atoms with Gasteiger partial charge in [0.05, 0.1) is 12.2 Å². The first-order chi connectivity index (χ1) is 15.0. The van der Waals surface area contributed by atoms with E-state index in [0.717, 1.165) is 6.08 Å². The van der Waals surface area contributed by atoms with Crippen LogP contribution in [0.3, 0.4) is 0 Å². The van der Waals surface area contributed by atoms with Crippen LogP contribution in [0.2, 0.25) is 0 Å². The summed E-state index contributed by atoms with van der Waals surface area (Å²) in [5.41, 5.74) is 1.20. The summed E-state index contributed by atoms with van der Waals surface area (Å²) in [6, 6.07) is 16.3. The van der Waals surface area contributed by atoms with Crippen molar-refractivity contribution in [2.75, 3.05) is 0 Å². The van der Waals surface area contributed by atoms with Gasteiger partial charge in [-0.2, -0.15) is 5.10 Å². The summed E-state index contributed by atoms with van der Waals surface area (Å²) in [4.78, 5) is 29.5. The molecule has 2 aromatic heterocycles. The van der Waals surface area contributed by atoms with Crippen molar-refractivity contribution in [3.8, 4) is 0 Å². The molecule has 0 aliphatic carbocycles. The highest BCUT2D eigenvalue weighted by Crippen LogP contribution is 2.19. The van der Waals surface area contributed by atoms with Crippen molar-refractivity contribution in [1.82, 2.24) is 19.7 Å². The van der Waals surface area contributed by atoms with Crippen LogP contribution in [0.25, 0.3) is 5.76 Å². The molecule has 0 saturated heterocycles. The molecule has 0 atom stereocenters. The van der Waals surface area contributed by atoms with E-state index in [1.807, 2.05) is 0 Å². The van der Waals surface area contributed by atoms with E-state index < -0.39 is 17.4 Å². The van der Waals surface area contributed by atoms with Gasteiger partial charge in [0.1, 0.15) is 12.1 Å². The summed E-state index contributed by atoms with van der Waals surface area (Å²) in [5.74, 6) is -1.71. The number of aromatic amines is 1. The molecule has 7 nitrogen and oxygen atoms in total. The lowest BCUT2D eigenvalue weighted by Gasteiger charge is -2.09. The zero-order valence-electron chi connectivity index (χ0n) is 16.2. The monoisotopic (exact) mass is 416 g/mol. The summed E-state index contributed by atoms with van der Waals surface area (Å²) < 4.78 is 15.7. The van der Waals surface area contributed by atoms with Gasteiger partial charge in [-0.25, -0.2) is 9.37 Å². The maximum absolute atomic E-state index is 14.2. The molecule has 4 rings (SSSR count). The number of ketones is 2. The van der Waals surface area contributed by atoms with Crippen molar-refractivity contribution >= 4 is 17.3 Å². The number of H-pyrrole nitrogens is 1. The molecule has 2 aromatic carbocycles. The molecule has 0 amide bonds. The third kappa shape index (κ3) is 4.32. The second-order valence-corrected chi connectivity index (χ2v) is 6.75. The predicted octanol–water partition coefficient (Wildman–Crippen LogP) is 3.81. The molecule has 4 aromatic rings. The van der Waals surface area contributed by atoms with Gasteiger partial charge in [-0.15, -0.1) is 0 Å². The van der Waals surface area contributed by atoms with Crippen molar-refractivity contribution in [3.05, 3.63) is 113 Å². The minimum atomic E-state index is -0.545. The first-order valence-corrected chi connectivity index (χ1v) is 9.37. The van der Waals surface area contributed by atoms with E-state index >= 15 is 0 Å². The number of allylic oxidation sites excluding steroid dienone is 1. The largest absolute Gasteiger partial charge is 0.504 e. The fourth-order valence-electron chi connectivity index (χ4n) is 3.12. The Kier molecular flexibility index (Phi) is 5.53. The van der Waals surface area contributed by atoms with E-state index in [2.05, 4.69) is 15.2 Å². The van der Waals surface area contributed by atoms with Gasteiger partial charge in [-0.1, -0.05) is 48.5 Å². The average molecular weight is 416 g/mol. The number of rotatable bonds is 7. The molecule has 0 radical (unpaired) electrons. The van der Waals surface area contributed by atoms with Crippen LogP contribution in [0.15, 0.2) is 79.3 Å². The van der Waals surface area contributed by atoms with Gasteiger partial charge in [0.25, 0.3) is 0 Å². The first-order valence-electron chi connectivity index (χ1n) is 9.37. The van der Waals surface area contributed by atoms with Gasteiger partial charge in [-0.3, -0.25) is 14.7 Å². The fraction of sp³-hybridized carbons (Fsp3) is 0.0435. The lowest BCUT2D eigenvalue weighted by Crippen LogP contribution is -2.11. The maximum atomic E-state index is 14.2. The third-order valence-corrected chi connectivity index (χ3v) is 4.66. The predicted molar refractivity (Wildman–Crippen MR) is 111 cm³/mol. The number of carbonyl (C=O) groups excluding carboxylic acids is 2. The van der Waals surface area contributed by atoms with Crippen molar-refractivity contribution in [2.24, 2.45) is 0 Å². The van der Waals surface area contributed by atoms with Crippen LogP contribution in [0, 0.1) is 5.82 Å². The standard InChI is InChI=1S/C23H17FN4O3/c24-18-9-5-4-8-16(18)12-28-13-17(20(29)11-21(30)23-25-14-26-27-23)10-19(28)22(31)15-6-2-1-3-7-15/h1-11,13-14,30H,12H2,(H,25,26,27). The molecule has 0 spiro atoms. The van der Waals surface area contributed by atoms with Crippen LogP contribution < -0.4 is 0 Å². The molecule has 31 heavy (non-hydrogen) atoms. The van der Waals surface area contributed by atoms with E-state index in [1.54, 1.807) is 48.5 Å². The van der Waals surface area contributed by atoms with Gasteiger partial charge in [0.2, 0.25) is 11.6 Å². The Hall–Kier alpha value is -4.33. The summed E-state index contributed by atoms with van der Waals surface area (Å²) in [7, 11) is 0. The number of hydrogen-bond acceptors (Lipinski definition) is 5. The number of aliphatic hydroxyl groups excluding tert-OH is 1. The van der Waals surface area contributed by atoms with E-state index in [4.69, 9.17) is 0 Å². The molecular weight excluding hydrogens is 399 g/mol. The van der Waals surface area contributed by atoms with Crippen molar-refractivity contribution in [3.63, 3.8) is 0 Å². The van der Waals surface area contributed by atoms with Crippen LogP contribution >= 0.6 is 0 Å². The fourth-order valence-corrected chi connectivity index (χ4v) is 3.12. The quantitative estimate of drug-likeness (QED) is 0.271. The number of aromatic nitrogens is 4. The minimum Gasteiger partial charge on any atom is -0.504 e. The Morgan fingerprint density at radius 3 is 2.52 bits per heavy atom. The molecule has 0 saturated carbocycles. The molecule has 0 aliphatic rings. The number of nitrogens with one attached hydrogen (secondary N) is 1. The number of benzene rings is 2. The molecule has 2 heterocycles. The number of nitrogens with zero attached hydrogens (tertiary/aromatic N) is 3. The molecule has 154 valence electrons. The molecule has 0 bridgehead atoms. The number of hydrogen-bond donors (Lipinski definition) is 2. The van der Waals surface area contributed by atoms with Crippen LogP contribution in [0.1, 0.15) is 37.8 Å². The van der Waals surface area contributed by atoms with Crippen molar-refractivity contribution < 1.29 is 19.1 Å². The van der Waals surface area contributed by atoms with Crippen LogP contribution in [0.4, 0.5) is 4.39 Å². The van der Waals surface area contributed by atoms with Gasteiger partial charge >= 0.3 is 0 Å². The van der Waals surface area contributed by atoms with E-state index in [9.17, 15) is 19.1 Å². The number of halogens is 1. The second kappa shape index (κ2) is 8.58. The third-order valence-electron chi connectivity index (χ3n) is 4.66. The van der Waals surface area contributed by atoms with E-state index in [-0.39, 0.29) is 29.4 Å². The normalized spacial score (nSPS) is 11.5. The van der Waals surface area contributed by atoms with Crippen molar-refractivity contribution in [2.45, 2.75) is 6.54 Å². The summed E-state index contributed by atoms with van der Waals surface area (Å²) >= 11 is 0. The molecule has 0 fully saturated rings. The molecule has 0 unspecified atom stereocenters. The van der Waals surface area contributed by atoms with Gasteiger partial charge in [0.15, 0.2) is 11.5 Å². The van der Waals surface area contributed by atoms with Crippen LogP contribution in [-0.4, -0.2) is 36.4 Å². The Labute approximate surface area is 176 Å². The Balaban J connectivity index is 1.73. The number of carbonyl (C=O) groups is 2. The van der Waals surface area contributed by atoms with Gasteiger partial charge in [0, 0.05) is 29.0 Å². The van der Waals surface area contributed by atoms with Gasteiger partial charge < -0.3 is 9.67 Å². The Morgan fingerprint density at radius 2 is 1.81 bits per heavy atom. The van der Waals surface area contributed by atoms with Crippen molar-refractivity contribution in [1.29, 1.82) is 0 Å². The zero-order valence-corrected chi connectivity index (χ0v) is 16.2. The van der Waals surface area contributed by atoms with Gasteiger partial charge in [-0.05, 0) is 12.1 Å². The summed E-state index contributed by atoms with van der Waals surface area (Å²) in [5, 5.41) is 16.2. The SMILES string of the molecule is O=C(C=C(O)c1nc[nH]n1)c1cc(C(=O)c2ccccc2)n(Cc2ccccc2F)c1. The highest BCUT2D eigenvalue weighted by molar-refractivity contribution is 6.12. The average Bonchev–Trinajstić information content (AvgIpc) is 3.46. The highest BCUT2D eigenvalue weighted by Gasteiger charge is 2.19. The smallest absolute Gasteiger partial charge is 0.215 e. The minimum absolute atomic E-state index is 0.0280. The summed E-state index contributed by atoms with van der Waals surface area (Å²) in [6.45, 7) is 0.0600. The van der Waals surface area contributed by atoms with E-state index in [1.165, 1.54) is 29.2 Å².